The summed E-state index contributed by atoms with van der Waals surface area (Å²) in [6, 6.07) is 0. The molecule has 0 aliphatic heterocycles. The molecule has 0 heterocycles. The summed E-state index contributed by atoms with van der Waals surface area (Å²) in [5.41, 5.74) is 0. The van der Waals surface area contributed by atoms with Crippen LogP contribution in [0.2, 0.25) is 0 Å². The van der Waals surface area contributed by atoms with Gasteiger partial charge in [-0.3, -0.25) is 14.4 Å². The third kappa shape index (κ3) is 50.7. The van der Waals surface area contributed by atoms with Gasteiger partial charge in [0.1, 0.15) is 13.2 Å². The number of hydrogen-bond donors (Lipinski definition) is 0. The Morgan fingerprint density at radius 3 is 0.873 bits per heavy atom. The highest BCUT2D eigenvalue weighted by Gasteiger charge is 2.19. The molecule has 1 unspecified atom stereocenters. The van der Waals surface area contributed by atoms with Gasteiger partial charge < -0.3 is 14.2 Å². The molecule has 0 saturated carbocycles. The summed E-state index contributed by atoms with van der Waals surface area (Å²) < 4.78 is 16.8. The summed E-state index contributed by atoms with van der Waals surface area (Å²) in [7, 11) is 0. The van der Waals surface area contributed by atoms with Gasteiger partial charge in [-0.05, 0) is 51.4 Å². The highest BCUT2D eigenvalue weighted by atomic mass is 16.6. The van der Waals surface area contributed by atoms with Crippen molar-refractivity contribution >= 4 is 17.9 Å². The second-order valence-corrected chi connectivity index (χ2v) is 18.9. The minimum absolute atomic E-state index is 0.0675. The maximum absolute atomic E-state index is 12.8. The molecule has 0 amide bonds. The van der Waals surface area contributed by atoms with Crippen LogP contribution in [-0.2, 0) is 28.6 Å². The van der Waals surface area contributed by atoms with Crippen LogP contribution in [0.15, 0.2) is 24.3 Å². The summed E-state index contributed by atoms with van der Waals surface area (Å²) in [5.74, 6) is -0.856. The maximum Gasteiger partial charge on any atom is 0.306 e. The first-order valence-electron chi connectivity index (χ1n) is 27.8. The van der Waals surface area contributed by atoms with Gasteiger partial charge in [0.2, 0.25) is 0 Å². The Morgan fingerprint density at radius 1 is 0.317 bits per heavy atom. The molecule has 0 aromatic heterocycles. The molecule has 370 valence electrons. The fraction of sp³-hybridized carbons (Fsp3) is 0.877. The number of hydrogen-bond acceptors (Lipinski definition) is 6. The number of esters is 3. The van der Waals surface area contributed by atoms with Crippen LogP contribution in [0.3, 0.4) is 0 Å². The third-order valence-electron chi connectivity index (χ3n) is 12.5. The van der Waals surface area contributed by atoms with Crippen molar-refractivity contribution in [2.45, 2.75) is 309 Å². The minimum Gasteiger partial charge on any atom is -0.462 e. The SMILES string of the molecule is CCCCCCC/C=C\C/C=C\CCCCCCCCCCCC(=O)OCC(COC(=O)CCCCCCCCCCCC)OC(=O)CCCCCCCCCCCCCCCC. The Bertz CT molecular complexity index is 1020. The fourth-order valence-electron chi connectivity index (χ4n) is 8.24. The van der Waals surface area contributed by atoms with Crippen molar-refractivity contribution < 1.29 is 28.6 Å². The number of rotatable bonds is 51. The molecule has 1 atom stereocenters. The van der Waals surface area contributed by atoms with Crippen LogP contribution < -0.4 is 0 Å². The van der Waals surface area contributed by atoms with Crippen molar-refractivity contribution in [2.24, 2.45) is 0 Å². The van der Waals surface area contributed by atoms with E-state index in [1.807, 2.05) is 0 Å². The quantitative estimate of drug-likeness (QED) is 0.0262. The van der Waals surface area contributed by atoms with Crippen molar-refractivity contribution in [3.63, 3.8) is 0 Å². The molecule has 0 saturated heterocycles. The van der Waals surface area contributed by atoms with Crippen molar-refractivity contribution in [2.75, 3.05) is 13.2 Å². The van der Waals surface area contributed by atoms with Crippen LogP contribution in [-0.4, -0.2) is 37.2 Å². The van der Waals surface area contributed by atoms with Crippen molar-refractivity contribution in [3.8, 4) is 0 Å². The zero-order valence-electron chi connectivity index (χ0n) is 42.4. The first kappa shape index (κ1) is 60.9. The van der Waals surface area contributed by atoms with Gasteiger partial charge in [0.15, 0.2) is 6.10 Å². The Kier molecular flexibility index (Phi) is 50.8. The van der Waals surface area contributed by atoms with E-state index in [0.717, 1.165) is 64.2 Å². The van der Waals surface area contributed by atoms with E-state index in [2.05, 4.69) is 45.1 Å². The second kappa shape index (κ2) is 52.5. The van der Waals surface area contributed by atoms with Crippen LogP contribution in [0.4, 0.5) is 0 Å². The van der Waals surface area contributed by atoms with Gasteiger partial charge in [-0.2, -0.15) is 0 Å². The molecule has 63 heavy (non-hydrogen) atoms. The summed E-state index contributed by atoms with van der Waals surface area (Å²) in [4.78, 5) is 38.0. The van der Waals surface area contributed by atoms with Gasteiger partial charge >= 0.3 is 17.9 Å². The van der Waals surface area contributed by atoms with E-state index in [1.54, 1.807) is 0 Å². The predicted molar refractivity (Wildman–Crippen MR) is 270 cm³/mol. The zero-order valence-corrected chi connectivity index (χ0v) is 42.4. The van der Waals surface area contributed by atoms with E-state index in [0.29, 0.717) is 19.3 Å². The second-order valence-electron chi connectivity index (χ2n) is 18.9. The number of carbonyl (C=O) groups is 3. The van der Waals surface area contributed by atoms with Crippen LogP contribution in [0, 0.1) is 0 Å². The summed E-state index contributed by atoms with van der Waals surface area (Å²) in [5, 5.41) is 0. The first-order chi connectivity index (χ1) is 31.0. The highest BCUT2D eigenvalue weighted by Crippen LogP contribution is 2.16. The average molecular weight is 887 g/mol. The van der Waals surface area contributed by atoms with E-state index in [-0.39, 0.29) is 31.1 Å². The van der Waals surface area contributed by atoms with Crippen LogP contribution in [0.25, 0.3) is 0 Å². The topological polar surface area (TPSA) is 78.9 Å². The van der Waals surface area contributed by atoms with Crippen LogP contribution in [0.1, 0.15) is 303 Å². The molecule has 0 N–H and O–H groups in total. The minimum atomic E-state index is -0.766. The van der Waals surface area contributed by atoms with Crippen LogP contribution >= 0.6 is 0 Å². The normalized spacial score (nSPS) is 12.1. The smallest absolute Gasteiger partial charge is 0.306 e. The monoisotopic (exact) mass is 887 g/mol. The first-order valence-corrected chi connectivity index (χ1v) is 27.8. The number of ether oxygens (including phenoxy) is 3. The lowest BCUT2D eigenvalue weighted by molar-refractivity contribution is -0.167. The largest absolute Gasteiger partial charge is 0.462 e. The molecule has 0 aromatic rings. The van der Waals surface area contributed by atoms with E-state index in [4.69, 9.17) is 14.2 Å². The number of allylic oxidation sites excluding steroid dienone is 4. The van der Waals surface area contributed by atoms with Crippen molar-refractivity contribution in [1.82, 2.24) is 0 Å². The van der Waals surface area contributed by atoms with Crippen LogP contribution in [0.5, 0.6) is 0 Å². The lowest BCUT2D eigenvalue weighted by Crippen LogP contribution is -2.30. The van der Waals surface area contributed by atoms with E-state index < -0.39 is 6.10 Å². The van der Waals surface area contributed by atoms with E-state index in [9.17, 15) is 14.4 Å². The Balaban J connectivity index is 4.25. The molecular formula is C57H106O6. The zero-order chi connectivity index (χ0) is 45.8. The Labute approximate surface area is 392 Å². The lowest BCUT2D eigenvalue weighted by Gasteiger charge is -2.18. The molecule has 0 aliphatic carbocycles. The molecule has 6 heteroatoms. The standard InChI is InChI=1S/C57H106O6/c1-4-7-10-13-16-19-22-24-26-27-28-29-30-31-32-34-35-38-41-44-47-50-56(59)62-53-54(52-61-55(58)49-46-43-40-37-21-18-15-12-9-6-3)63-57(60)51-48-45-42-39-36-33-25-23-20-17-14-11-8-5-2/h22,24,27-28,54H,4-21,23,25-26,29-53H2,1-3H3/b24-22-,28-27-. The summed E-state index contributed by atoms with van der Waals surface area (Å²) in [6.07, 6.45) is 60.2. The van der Waals surface area contributed by atoms with Crippen molar-refractivity contribution in [1.29, 1.82) is 0 Å². The molecule has 0 aliphatic rings. The Morgan fingerprint density at radius 2 is 0.571 bits per heavy atom. The average Bonchev–Trinajstić information content (AvgIpc) is 3.28. The molecule has 0 spiro atoms. The van der Waals surface area contributed by atoms with E-state index in [1.165, 1.54) is 199 Å². The maximum atomic E-state index is 12.8. The van der Waals surface area contributed by atoms with E-state index >= 15 is 0 Å². The fourth-order valence-corrected chi connectivity index (χ4v) is 8.24. The van der Waals surface area contributed by atoms with Crippen molar-refractivity contribution in [3.05, 3.63) is 24.3 Å². The summed E-state index contributed by atoms with van der Waals surface area (Å²) >= 11 is 0. The molecule has 0 fully saturated rings. The van der Waals surface area contributed by atoms with Gasteiger partial charge in [0.05, 0.1) is 0 Å². The molecule has 0 rings (SSSR count). The molecule has 0 bridgehead atoms. The predicted octanol–water partition coefficient (Wildman–Crippen LogP) is 18.3. The molecule has 0 aromatic carbocycles. The van der Waals surface area contributed by atoms with Gasteiger partial charge in [0.25, 0.3) is 0 Å². The Hall–Kier alpha value is -2.11. The number of carbonyl (C=O) groups excluding carboxylic acids is 3. The molecular weight excluding hydrogens is 781 g/mol. The van der Waals surface area contributed by atoms with Gasteiger partial charge in [0, 0.05) is 19.3 Å². The molecule has 0 radical (unpaired) electrons. The van der Waals surface area contributed by atoms with Gasteiger partial charge in [-0.15, -0.1) is 0 Å². The third-order valence-corrected chi connectivity index (χ3v) is 12.5. The summed E-state index contributed by atoms with van der Waals surface area (Å²) in [6.45, 7) is 6.65. The van der Waals surface area contributed by atoms with Gasteiger partial charge in [-0.25, -0.2) is 0 Å². The number of unbranched alkanes of at least 4 members (excludes halogenated alkanes) is 36. The lowest BCUT2D eigenvalue weighted by atomic mass is 10.0. The molecule has 6 nitrogen and oxygen atoms in total. The van der Waals surface area contributed by atoms with Gasteiger partial charge in [-0.1, -0.05) is 257 Å². The highest BCUT2D eigenvalue weighted by molar-refractivity contribution is 5.71.